The minimum Gasteiger partial charge on any atom is -0.366 e. The van der Waals surface area contributed by atoms with E-state index in [1.807, 2.05) is 53.6 Å². The Morgan fingerprint density at radius 3 is 2.14 bits per heavy atom. The number of rotatable bonds is 8. The second-order valence-corrected chi connectivity index (χ2v) is 6.98. The van der Waals surface area contributed by atoms with Gasteiger partial charge in [0.05, 0.1) is 11.6 Å². The van der Waals surface area contributed by atoms with Crippen molar-refractivity contribution in [1.29, 1.82) is 0 Å². The molecule has 0 aromatic heterocycles. The third-order valence-electron chi connectivity index (χ3n) is 3.26. The number of amides is 2. The van der Waals surface area contributed by atoms with Crippen LogP contribution in [-0.2, 0) is 14.3 Å². The van der Waals surface area contributed by atoms with Gasteiger partial charge in [-0.3, -0.25) is 14.5 Å². The molecule has 0 saturated carbocycles. The van der Waals surface area contributed by atoms with Crippen LogP contribution in [0.2, 0.25) is 0 Å². The zero-order chi connectivity index (χ0) is 17.5. The fourth-order valence-corrected chi connectivity index (χ4v) is 2.16. The maximum absolute atomic E-state index is 12.3. The molecule has 6 nitrogen and oxygen atoms in total. The molecule has 1 N–H and O–H groups in total. The van der Waals surface area contributed by atoms with E-state index in [9.17, 15) is 9.59 Å². The molecule has 0 aliphatic heterocycles. The summed E-state index contributed by atoms with van der Waals surface area (Å²) in [5, 5.41) is 2.85. The van der Waals surface area contributed by atoms with Crippen LogP contribution in [0.1, 0.15) is 41.0 Å². The molecule has 6 heteroatoms. The first kappa shape index (κ1) is 20.9. The van der Waals surface area contributed by atoms with Gasteiger partial charge >= 0.3 is 0 Å². The van der Waals surface area contributed by atoms with Crippen LogP contribution < -0.4 is 5.32 Å². The fraction of sp³-hybridized carbons (Fsp3) is 0.875. The van der Waals surface area contributed by atoms with Gasteiger partial charge in [0.15, 0.2) is 0 Å². The summed E-state index contributed by atoms with van der Waals surface area (Å²) in [5.74, 6) is -0.0949. The van der Waals surface area contributed by atoms with Gasteiger partial charge in [0.2, 0.25) is 11.8 Å². The maximum atomic E-state index is 12.3. The van der Waals surface area contributed by atoms with Crippen LogP contribution >= 0.6 is 0 Å². The first-order valence-electron chi connectivity index (χ1n) is 7.82. The first-order chi connectivity index (χ1) is 9.97. The highest BCUT2D eigenvalue weighted by Gasteiger charge is 2.23. The van der Waals surface area contributed by atoms with Crippen LogP contribution in [0.15, 0.2) is 0 Å². The minimum absolute atomic E-state index is 0.0286. The van der Waals surface area contributed by atoms with E-state index in [1.54, 1.807) is 11.9 Å². The van der Waals surface area contributed by atoms with Gasteiger partial charge in [-0.25, -0.2) is 0 Å². The Morgan fingerprint density at radius 2 is 1.73 bits per heavy atom. The lowest BCUT2D eigenvalue weighted by Crippen LogP contribution is -2.49. The smallest absolute Gasteiger partial charge is 0.246 e. The topological polar surface area (TPSA) is 61.9 Å². The predicted octanol–water partition coefficient (Wildman–Crippen LogP) is 1.10. The minimum atomic E-state index is -0.340. The average molecular weight is 315 g/mol. The third-order valence-corrected chi connectivity index (χ3v) is 3.26. The number of ether oxygens (including phenoxy) is 1. The van der Waals surface area contributed by atoms with Crippen molar-refractivity contribution >= 4 is 11.8 Å². The molecule has 0 spiro atoms. The van der Waals surface area contributed by atoms with Crippen molar-refractivity contribution in [1.82, 2.24) is 15.1 Å². The Morgan fingerprint density at radius 1 is 1.18 bits per heavy atom. The van der Waals surface area contributed by atoms with E-state index in [1.165, 1.54) is 0 Å². The predicted molar refractivity (Wildman–Crippen MR) is 88.7 cm³/mol. The Balaban J connectivity index is 4.32. The van der Waals surface area contributed by atoms with Gasteiger partial charge in [0, 0.05) is 19.6 Å². The first-order valence-corrected chi connectivity index (χ1v) is 7.82. The van der Waals surface area contributed by atoms with Gasteiger partial charge in [0.1, 0.15) is 6.61 Å². The van der Waals surface area contributed by atoms with Crippen LogP contribution in [0, 0.1) is 0 Å². The second kappa shape index (κ2) is 9.10. The summed E-state index contributed by atoms with van der Waals surface area (Å²) in [7, 11) is 5.56. The molecule has 0 aliphatic rings. The number of hydrogen-bond acceptors (Lipinski definition) is 4. The molecule has 2 amide bonds. The van der Waals surface area contributed by atoms with Gasteiger partial charge in [-0.05, 0) is 48.2 Å². The highest BCUT2D eigenvalue weighted by molar-refractivity contribution is 5.82. The number of nitrogens with zero attached hydrogens (tertiary/aromatic N) is 2. The van der Waals surface area contributed by atoms with Gasteiger partial charge < -0.3 is 15.0 Å². The van der Waals surface area contributed by atoms with Gasteiger partial charge in [-0.15, -0.1) is 0 Å². The summed E-state index contributed by atoms with van der Waals surface area (Å²) >= 11 is 0. The summed E-state index contributed by atoms with van der Waals surface area (Å²) in [6, 6.07) is -0.248. The van der Waals surface area contributed by atoms with Crippen LogP contribution in [0.3, 0.4) is 0 Å². The SMILES string of the molecule is CC[C@@H](C(=O)N(C)CC(C)NC(=O)COC(C)(C)C)N(C)C. The fourth-order valence-electron chi connectivity index (χ4n) is 2.16. The van der Waals surface area contributed by atoms with Crippen LogP contribution in [0.25, 0.3) is 0 Å². The summed E-state index contributed by atoms with van der Waals surface area (Å²) < 4.78 is 5.43. The molecule has 0 fully saturated rings. The largest absolute Gasteiger partial charge is 0.366 e. The number of nitrogens with one attached hydrogen (secondary N) is 1. The molecule has 0 rings (SSSR count). The van der Waals surface area contributed by atoms with E-state index in [-0.39, 0.29) is 36.1 Å². The molecular formula is C16H33N3O3. The molecule has 0 aliphatic carbocycles. The molecular weight excluding hydrogens is 282 g/mol. The Kier molecular flexibility index (Phi) is 8.63. The lowest BCUT2D eigenvalue weighted by atomic mass is 10.1. The van der Waals surface area contributed by atoms with Gasteiger partial charge in [-0.2, -0.15) is 0 Å². The lowest BCUT2D eigenvalue weighted by Gasteiger charge is -2.29. The molecule has 0 radical (unpaired) electrons. The quantitative estimate of drug-likeness (QED) is 0.729. The van der Waals surface area contributed by atoms with E-state index in [0.717, 1.165) is 6.42 Å². The van der Waals surface area contributed by atoms with Crippen molar-refractivity contribution < 1.29 is 14.3 Å². The number of likely N-dealkylation sites (N-methyl/N-ethyl adjacent to an activating group) is 2. The highest BCUT2D eigenvalue weighted by Crippen LogP contribution is 2.06. The lowest BCUT2D eigenvalue weighted by molar-refractivity contribution is -0.136. The van der Waals surface area contributed by atoms with Crippen molar-refractivity contribution in [2.45, 2.75) is 58.7 Å². The van der Waals surface area contributed by atoms with Gasteiger partial charge in [0.25, 0.3) is 0 Å². The van der Waals surface area contributed by atoms with Gasteiger partial charge in [-0.1, -0.05) is 6.92 Å². The number of hydrogen-bond donors (Lipinski definition) is 1. The van der Waals surface area contributed by atoms with Crippen molar-refractivity contribution in [2.75, 3.05) is 34.3 Å². The van der Waals surface area contributed by atoms with E-state index in [4.69, 9.17) is 4.74 Å². The highest BCUT2D eigenvalue weighted by atomic mass is 16.5. The van der Waals surface area contributed by atoms with Crippen molar-refractivity contribution in [3.63, 3.8) is 0 Å². The summed E-state index contributed by atoms with van der Waals surface area (Å²) in [6.45, 7) is 10.1. The Bertz CT molecular complexity index is 364. The molecule has 0 aromatic rings. The van der Waals surface area contributed by atoms with Crippen molar-refractivity contribution in [2.24, 2.45) is 0 Å². The molecule has 0 aromatic carbocycles. The van der Waals surface area contributed by atoms with Crippen molar-refractivity contribution in [3.8, 4) is 0 Å². The van der Waals surface area contributed by atoms with Crippen molar-refractivity contribution in [3.05, 3.63) is 0 Å². The maximum Gasteiger partial charge on any atom is 0.246 e. The van der Waals surface area contributed by atoms with E-state index in [2.05, 4.69) is 5.32 Å². The van der Waals surface area contributed by atoms with E-state index < -0.39 is 0 Å². The van der Waals surface area contributed by atoms with Crippen LogP contribution in [0.5, 0.6) is 0 Å². The monoisotopic (exact) mass is 315 g/mol. The normalized spacial score (nSPS) is 14.6. The summed E-state index contributed by atoms with van der Waals surface area (Å²) in [6.07, 6.45) is 0.760. The standard InChI is InChI=1S/C16H33N3O3/c1-9-13(18(6)7)15(21)19(8)10-12(2)17-14(20)11-22-16(3,4)5/h12-13H,9-11H2,1-8H3,(H,17,20)/t12?,13-/m0/s1. The average Bonchev–Trinajstić information content (AvgIpc) is 2.35. The zero-order valence-corrected chi connectivity index (χ0v) is 15.4. The van der Waals surface area contributed by atoms with Crippen LogP contribution in [-0.4, -0.2) is 73.6 Å². The molecule has 22 heavy (non-hydrogen) atoms. The molecule has 2 atom stereocenters. The second-order valence-electron chi connectivity index (χ2n) is 6.98. The summed E-state index contributed by atoms with van der Waals surface area (Å²) in [5.41, 5.74) is -0.340. The number of carbonyl (C=O) groups excluding carboxylic acids is 2. The molecule has 1 unspecified atom stereocenters. The number of carbonyl (C=O) groups is 2. The summed E-state index contributed by atoms with van der Waals surface area (Å²) in [4.78, 5) is 27.7. The zero-order valence-electron chi connectivity index (χ0n) is 15.4. The third kappa shape index (κ3) is 8.34. The van der Waals surface area contributed by atoms with E-state index >= 15 is 0 Å². The molecule has 0 saturated heterocycles. The Hall–Kier alpha value is -1.14. The van der Waals surface area contributed by atoms with E-state index in [0.29, 0.717) is 6.54 Å². The Labute approximate surface area is 135 Å². The molecule has 0 heterocycles. The molecule has 0 bridgehead atoms. The molecule has 130 valence electrons. The van der Waals surface area contributed by atoms with Crippen LogP contribution in [0.4, 0.5) is 0 Å².